The van der Waals surface area contributed by atoms with Gasteiger partial charge in [-0.3, -0.25) is 10.5 Å². The van der Waals surface area contributed by atoms with Gasteiger partial charge in [-0.2, -0.15) is 5.10 Å². The van der Waals surface area contributed by atoms with Gasteiger partial charge in [0.25, 0.3) is 0 Å². The Morgan fingerprint density at radius 3 is 3.00 bits per heavy atom. The summed E-state index contributed by atoms with van der Waals surface area (Å²) < 4.78 is 7.00. The Bertz CT molecular complexity index is 248. The van der Waals surface area contributed by atoms with Crippen molar-refractivity contribution in [3.8, 4) is 0 Å². The van der Waals surface area contributed by atoms with Gasteiger partial charge in [0.2, 0.25) is 0 Å². The van der Waals surface area contributed by atoms with Gasteiger partial charge in [0.15, 0.2) is 0 Å². The molecular weight excluding hydrogens is 168 g/mol. The van der Waals surface area contributed by atoms with Gasteiger partial charge in [-0.15, -0.1) is 0 Å². The van der Waals surface area contributed by atoms with Gasteiger partial charge in [-0.25, -0.2) is 5.43 Å². The van der Waals surface area contributed by atoms with Gasteiger partial charge in [-0.05, 0) is 13.0 Å². The highest BCUT2D eigenvalue weighted by Gasteiger charge is 2.11. The van der Waals surface area contributed by atoms with Crippen LogP contribution in [0.15, 0.2) is 12.3 Å². The summed E-state index contributed by atoms with van der Waals surface area (Å²) in [5.74, 6) is 5.38. The molecule has 0 saturated heterocycles. The lowest BCUT2D eigenvalue weighted by Crippen LogP contribution is -2.31. The average molecular weight is 184 g/mol. The van der Waals surface area contributed by atoms with Crippen molar-refractivity contribution in [1.82, 2.24) is 15.2 Å². The molecule has 0 aromatic carbocycles. The molecule has 1 aromatic heterocycles. The smallest absolute Gasteiger partial charge is 0.0883 e. The zero-order valence-corrected chi connectivity index (χ0v) is 8.03. The summed E-state index contributed by atoms with van der Waals surface area (Å²) in [7, 11) is 1.87. The van der Waals surface area contributed by atoms with Gasteiger partial charge in [0.1, 0.15) is 0 Å². The number of hydrogen-bond donors (Lipinski definition) is 2. The highest BCUT2D eigenvalue weighted by molar-refractivity contribution is 5.04. The first-order valence-corrected chi connectivity index (χ1v) is 4.31. The minimum absolute atomic E-state index is 0.0267. The van der Waals surface area contributed by atoms with Gasteiger partial charge in [0, 0.05) is 19.9 Å². The molecule has 0 amide bonds. The van der Waals surface area contributed by atoms with E-state index in [-0.39, 0.29) is 6.04 Å². The van der Waals surface area contributed by atoms with Crippen LogP contribution >= 0.6 is 0 Å². The number of nitrogens with zero attached hydrogens (tertiary/aromatic N) is 2. The minimum atomic E-state index is -0.0267. The summed E-state index contributed by atoms with van der Waals surface area (Å²) in [6, 6.07) is 1.89. The van der Waals surface area contributed by atoms with Crippen LogP contribution in [-0.4, -0.2) is 23.0 Å². The highest BCUT2D eigenvalue weighted by atomic mass is 16.5. The van der Waals surface area contributed by atoms with E-state index in [4.69, 9.17) is 10.6 Å². The lowest BCUT2D eigenvalue weighted by atomic mass is 10.2. The molecule has 13 heavy (non-hydrogen) atoms. The van der Waals surface area contributed by atoms with Crippen LogP contribution in [0.25, 0.3) is 0 Å². The fourth-order valence-corrected chi connectivity index (χ4v) is 1.07. The Morgan fingerprint density at radius 2 is 2.54 bits per heavy atom. The van der Waals surface area contributed by atoms with E-state index in [9.17, 15) is 0 Å². The zero-order valence-electron chi connectivity index (χ0n) is 8.03. The second-order valence-electron chi connectivity index (χ2n) is 2.79. The number of hydrogen-bond acceptors (Lipinski definition) is 4. The van der Waals surface area contributed by atoms with E-state index < -0.39 is 0 Å². The molecule has 0 fully saturated rings. The maximum atomic E-state index is 5.38. The van der Waals surface area contributed by atoms with E-state index in [1.165, 1.54) is 0 Å². The first-order chi connectivity index (χ1) is 6.27. The number of aromatic nitrogens is 2. The highest BCUT2D eigenvalue weighted by Crippen LogP contribution is 2.08. The van der Waals surface area contributed by atoms with Crippen LogP contribution in [0.4, 0.5) is 0 Å². The molecule has 0 aliphatic heterocycles. The summed E-state index contributed by atoms with van der Waals surface area (Å²) in [6.45, 7) is 3.18. The van der Waals surface area contributed by atoms with Crippen LogP contribution < -0.4 is 11.3 Å². The Labute approximate surface area is 77.8 Å². The van der Waals surface area contributed by atoms with Crippen LogP contribution in [0.1, 0.15) is 18.7 Å². The molecule has 1 heterocycles. The Kier molecular flexibility index (Phi) is 3.88. The third-order valence-corrected chi connectivity index (χ3v) is 1.78. The van der Waals surface area contributed by atoms with Crippen molar-refractivity contribution in [2.24, 2.45) is 12.9 Å². The number of nitrogens with two attached hydrogens (primary N) is 1. The molecule has 0 spiro atoms. The summed E-state index contributed by atoms with van der Waals surface area (Å²) in [4.78, 5) is 0. The van der Waals surface area contributed by atoms with Gasteiger partial charge < -0.3 is 4.74 Å². The third kappa shape index (κ3) is 2.80. The molecule has 1 atom stereocenters. The van der Waals surface area contributed by atoms with Crippen molar-refractivity contribution in [1.29, 1.82) is 0 Å². The predicted octanol–water partition coefficient (Wildman–Crippen LogP) is -0.0390. The fourth-order valence-electron chi connectivity index (χ4n) is 1.07. The number of nitrogens with one attached hydrogen (secondary N) is 1. The van der Waals surface area contributed by atoms with Crippen molar-refractivity contribution in [3.63, 3.8) is 0 Å². The van der Waals surface area contributed by atoms with Crippen molar-refractivity contribution < 1.29 is 4.74 Å². The molecule has 5 nitrogen and oxygen atoms in total. The SMILES string of the molecule is CCOCC(NN)c1ccn(C)n1. The summed E-state index contributed by atoms with van der Waals surface area (Å²) in [5.41, 5.74) is 3.57. The predicted molar refractivity (Wildman–Crippen MR) is 49.8 cm³/mol. The lowest BCUT2D eigenvalue weighted by molar-refractivity contribution is 0.122. The number of rotatable bonds is 5. The Balaban J connectivity index is 2.56. The molecule has 74 valence electrons. The van der Waals surface area contributed by atoms with Gasteiger partial charge >= 0.3 is 0 Å². The number of hydrazine groups is 1. The molecule has 0 aliphatic rings. The van der Waals surface area contributed by atoms with Crippen LogP contribution in [-0.2, 0) is 11.8 Å². The number of ether oxygens (including phenoxy) is 1. The maximum absolute atomic E-state index is 5.38. The number of aryl methyl sites for hydroxylation is 1. The Morgan fingerprint density at radius 1 is 1.77 bits per heavy atom. The van der Waals surface area contributed by atoms with E-state index in [0.29, 0.717) is 13.2 Å². The van der Waals surface area contributed by atoms with Gasteiger partial charge in [-0.1, -0.05) is 0 Å². The minimum Gasteiger partial charge on any atom is -0.380 e. The lowest BCUT2D eigenvalue weighted by Gasteiger charge is -2.12. The molecule has 1 unspecified atom stereocenters. The van der Waals surface area contributed by atoms with Crippen LogP contribution in [0.2, 0.25) is 0 Å². The summed E-state index contributed by atoms with van der Waals surface area (Å²) >= 11 is 0. The maximum Gasteiger partial charge on any atom is 0.0883 e. The van der Waals surface area contributed by atoms with Crippen molar-refractivity contribution in [2.45, 2.75) is 13.0 Å². The topological polar surface area (TPSA) is 65.1 Å². The van der Waals surface area contributed by atoms with Crippen molar-refractivity contribution >= 4 is 0 Å². The quantitative estimate of drug-likeness (QED) is 0.498. The molecule has 1 aromatic rings. The third-order valence-electron chi connectivity index (χ3n) is 1.78. The first kappa shape index (κ1) is 10.2. The molecule has 0 saturated carbocycles. The van der Waals surface area contributed by atoms with E-state index in [1.807, 2.05) is 26.2 Å². The van der Waals surface area contributed by atoms with Crippen LogP contribution in [0.3, 0.4) is 0 Å². The summed E-state index contributed by atoms with van der Waals surface area (Å²) in [6.07, 6.45) is 1.88. The van der Waals surface area contributed by atoms with E-state index in [1.54, 1.807) is 4.68 Å². The normalized spacial score (nSPS) is 13.2. The monoisotopic (exact) mass is 184 g/mol. The standard InChI is InChI=1S/C8H16N4O/c1-3-13-6-8(10-9)7-4-5-12(2)11-7/h4-5,8,10H,3,6,9H2,1-2H3. The second-order valence-corrected chi connectivity index (χ2v) is 2.79. The second kappa shape index (κ2) is 4.96. The Hall–Kier alpha value is -0.910. The molecule has 1 rings (SSSR count). The van der Waals surface area contributed by atoms with Crippen LogP contribution in [0, 0.1) is 0 Å². The van der Waals surface area contributed by atoms with E-state index in [0.717, 1.165) is 5.69 Å². The molecule has 0 bridgehead atoms. The molecule has 5 heteroatoms. The average Bonchev–Trinajstić information content (AvgIpc) is 2.54. The van der Waals surface area contributed by atoms with Crippen molar-refractivity contribution in [3.05, 3.63) is 18.0 Å². The van der Waals surface area contributed by atoms with Crippen LogP contribution in [0.5, 0.6) is 0 Å². The zero-order chi connectivity index (χ0) is 9.68. The summed E-state index contributed by atoms with van der Waals surface area (Å²) in [5, 5.41) is 4.23. The van der Waals surface area contributed by atoms with Crippen molar-refractivity contribution in [2.75, 3.05) is 13.2 Å². The van der Waals surface area contributed by atoms with E-state index in [2.05, 4.69) is 10.5 Å². The fraction of sp³-hybridized carbons (Fsp3) is 0.625. The van der Waals surface area contributed by atoms with Gasteiger partial charge in [0.05, 0.1) is 18.3 Å². The molecule has 3 N–H and O–H groups in total. The first-order valence-electron chi connectivity index (χ1n) is 4.31. The molecule has 0 radical (unpaired) electrons. The molecular formula is C8H16N4O. The largest absolute Gasteiger partial charge is 0.380 e. The van der Waals surface area contributed by atoms with E-state index >= 15 is 0 Å². The molecule has 0 aliphatic carbocycles.